The van der Waals surface area contributed by atoms with Gasteiger partial charge in [-0.2, -0.15) is 0 Å². The Morgan fingerprint density at radius 2 is 2.16 bits per heavy atom. The minimum absolute atomic E-state index is 0.728. The van der Waals surface area contributed by atoms with E-state index in [1.54, 1.807) is 6.26 Å². The normalized spacial score (nSPS) is 10.6. The van der Waals surface area contributed by atoms with Crippen LogP contribution in [-0.4, -0.2) is 18.6 Å². The lowest BCUT2D eigenvalue weighted by molar-refractivity contribution is 0.507. The van der Waals surface area contributed by atoms with Crippen LogP contribution in [0.2, 0.25) is 0 Å². The van der Waals surface area contributed by atoms with Crippen LogP contribution >= 0.6 is 0 Å². The molecule has 0 radical (unpaired) electrons. The second-order valence-corrected chi connectivity index (χ2v) is 4.60. The first-order chi connectivity index (χ1) is 9.29. The Labute approximate surface area is 114 Å². The molecule has 19 heavy (non-hydrogen) atoms. The standard InChI is InChI=1S/C15H21N3O/c1-3-9-16-11-13-6-4-8-15(17-13)18(2)12-14-7-5-10-19-14/h4-8,10,16H,3,9,11-12H2,1-2H3. The van der Waals surface area contributed by atoms with Gasteiger partial charge in [-0.05, 0) is 37.2 Å². The van der Waals surface area contributed by atoms with Crippen LogP contribution in [0.4, 0.5) is 5.82 Å². The second-order valence-electron chi connectivity index (χ2n) is 4.60. The molecule has 0 saturated heterocycles. The van der Waals surface area contributed by atoms with E-state index in [2.05, 4.69) is 22.1 Å². The third-order valence-corrected chi connectivity index (χ3v) is 2.89. The highest BCUT2D eigenvalue weighted by atomic mass is 16.3. The lowest BCUT2D eigenvalue weighted by Crippen LogP contribution is -2.19. The monoisotopic (exact) mass is 259 g/mol. The van der Waals surface area contributed by atoms with Crippen LogP contribution in [0, 0.1) is 0 Å². The van der Waals surface area contributed by atoms with Crippen LogP contribution in [-0.2, 0) is 13.1 Å². The summed E-state index contributed by atoms with van der Waals surface area (Å²) in [5, 5.41) is 3.36. The van der Waals surface area contributed by atoms with E-state index >= 15 is 0 Å². The molecule has 0 aliphatic carbocycles. The average Bonchev–Trinajstić information content (AvgIpc) is 2.92. The molecule has 0 fully saturated rings. The maximum absolute atomic E-state index is 5.35. The number of anilines is 1. The second kappa shape index (κ2) is 6.95. The van der Waals surface area contributed by atoms with E-state index in [-0.39, 0.29) is 0 Å². The Kier molecular flexibility index (Phi) is 4.98. The molecule has 0 saturated carbocycles. The van der Waals surface area contributed by atoms with Gasteiger partial charge in [-0.15, -0.1) is 0 Å². The molecule has 0 aliphatic rings. The van der Waals surface area contributed by atoms with E-state index in [0.717, 1.165) is 43.3 Å². The number of nitrogens with one attached hydrogen (secondary N) is 1. The summed E-state index contributed by atoms with van der Waals surface area (Å²) in [6.45, 7) is 4.73. The summed E-state index contributed by atoms with van der Waals surface area (Å²) < 4.78 is 5.35. The quantitative estimate of drug-likeness (QED) is 0.776. The summed E-state index contributed by atoms with van der Waals surface area (Å²) in [7, 11) is 2.02. The predicted molar refractivity (Wildman–Crippen MR) is 77.0 cm³/mol. The largest absolute Gasteiger partial charge is 0.467 e. The highest BCUT2D eigenvalue weighted by Crippen LogP contribution is 2.13. The van der Waals surface area contributed by atoms with Gasteiger partial charge >= 0.3 is 0 Å². The smallest absolute Gasteiger partial charge is 0.129 e. The van der Waals surface area contributed by atoms with E-state index in [1.807, 2.05) is 37.4 Å². The molecule has 2 aromatic heterocycles. The van der Waals surface area contributed by atoms with Crippen LogP contribution in [0.1, 0.15) is 24.8 Å². The van der Waals surface area contributed by atoms with Crippen molar-refractivity contribution in [3.05, 3.63) is 48.0 Å². The summed E-state index contributed by atoms with van der Waals surface area (Å²) in [6, 6.07) is 9.99. The van der Waals surface area contributed by atoms with Gasteiger partial charge in [0.1, 0.15) is 11.6 Å². The summed E-state index contributed by atoms with van der Waals surface area (Å²) in [6.07, 6.45) is 2.83. The molecule has 2 aromatic rings. The predicted octanol–water partition coefficient (Wildman–Crippen LogP) is 2.81. The Morgan fingerprint density at radius 1 is 1.26 bits per heavy atom. The van der Waals surface area contributed by atoms with Crippen LogP contribution in [0.5, 0.6) is 0 Å². The highest BCUT2D eigenvalue weighted by molar-refractivity contribution is 5.38. The van der Waals surface area contributed by atoms with Crippen LogP contribution in [0.25, 0.3) is 0 Å². The molecule has 0 atom stereocenters. The fourth-order valence-electron chi connectivity index (χ4n) is 1.89. The van der Waals surface area contributed by atoms with Gasteiger partial charge in [0.25, 0.3) is 0 Å². The maximum atomic E-state index is 5.35. The molecule has 0 spiro atoms. The van der Waals surface area contributed by atoms with Crippen molar-refractivity contribution >= 4 is 5.82 Å². The summed E-state index contributed by atoms with van der Waals surface area (Å²) in [4.78, 5) is 6.73. The van der Waals surface area contributed by atoms with E-state index in [1.165, 1.54) is 0 Å². The van der Waals surface area contributed by atoms with Crippen LogP contribution < -0.4 is 10.2 Å². The lowest BCUT2D eigenvalue weighted by atomic mass is 10.3. The third-order valence-electron chi connectivity index (χ3n) is 2.89. The summed E-state index contributed by atoms with van der Waals surface area (Å²) in [5.74, 6) is 1.91. The lowest BCUT2D eigenvalue weighted by Gasteiger charge is -2.17. The van der Waals surface area contributed by atoms with Gasteiger partial charge in [-0.3, -0.25) is 0 Å². The van der Waals surface area contributed by atoms with Crippen molar-refractivity contribution in [3.63, 3.8) is 0 Å². The Bertz CT molecular complexity index is 482. The first kappa shape index (κ1) is 13.6. The fourth-order valence-corrected chi connectivity index (χ4v) is 1.89. The summed E-state index contributed by atoms with van der Waals surface area (Å²) >= 11 is 0. The number of aromatic nitrogens is 1. The van der Waals surface area contributed by atoms with Crippen molar-refractivity contribution < 1.29 is 4.42 Å². The molecule has 2 heterocycles. The number of nitrogens with zero attached hydrogens (tertiary/aromatic N) is 2. The molecule has 102 valence electrons. The Hall–Kier alpha value is -1.81. The SMILES string of the molecule is CCCNCc1cccc(N(C)Cc2ccco2)n1. The number of furan rings is 1. The van der Waals surface area contributed by atoms with Crippen molar-refractivity contribution in [3.8, 4) is 0 Å². The highest BCUT2D eigenvalue weighted by Gasteiger charge is 2.06. The van der Waals surface area contributed by atoms with E-state index < -0.39 is 0 Å². The summed E-state index contributed by atoms with van der Waals surface area (Å²) in [5.41, 5.74) is 1.07. The minimum Gasteiger partial charge on any atom is -0.467 e. The fraction of sp³-hybridized carbons (Fsp3) is 0.400. The topological polar surface area (TPSA) is 41.3 Å². The number of hydrogen-bond donors (Lipinski definition) is 1. The van der Waals surface area contributed by atoms with E-state index in [0.29, 0.717) is 0 Å². The molecular weight excluding hydrogens is 238 g/mol. The van der Waals surface area contributed by atoms with Crippen molar-refractivity contribution in [1.82, 2.24) is 10.3 Å². The van der Waals surface area contributed by atoms with Crippen molar-refractivity contribution in [2.24, 2.45) is 0 Å². The molecule has 2 rings (SSSR count). The van der Waals surface area contributed by atoms with Gasteiger partial charge in [0, 0.05) is 13.6 Å². The van der Waals surface area contributed by atoms with Gasteiger partial charge < -0.3 is 14.6 Å². The molecule has 0 bridgehead atoms. The van der Waals surface area contributed by atoms with Gasteiger partial charge in [0.05, 0.1) is 18.5 Å². The van der Waals surface area contributed by atoms with E-state index in [4.69, 9.17) is 4.42 Å². The molecule has 4 nitrogen and oxygen atoms in total. The molecule has 4 heteroatoms. The van der Waals surface area contributed by atoms with Crippen LogP contribution in [0.15, 0.2) is 41.0 Å². The molecule has 1 N–H and O–H groups in total. The van der Waals surface area contributed by atoms with E-state index in [9.17, 15) is 0 Å². The van der Waals surface area contributed by atoms with Gasteiger partial charge in [0.2, 0.25) is 0 Å². The zero-order valence-corrected chi connectivity index (χ0v) is 11.6. The van der Waals surface area contributed by atoms with Crippen molar-refractivity contribution in [2.75, 3.05) is 18.5 Å². The van der Waals surface area contributed by atoms with Gasteiger partial charge in [-0.25, -0.2) is 4.98 Å². The molecule has 0 amide bonds. The third kappa shape index (κ3) is 4.10. The number of pyridine rings is 1. The van der Waals surface area contributed by atoms with Crippen molar-refractivity contribution in [1.29, 1.82) is 0 Å². The Morgan fingerprint density at radius 3 is 2.89 bits per heavy atom. The van der Waals surface area contributed by atoms with Gasteiger partial charge in [0.15, 0.2) is 0 Å². The first-order valence-electron chi connectivity index (χ1n) is 6.69. The average molecular weight is 259 g/mol. The molecule has 0 aliphatic heterocycles. The minimum atomic E-state index is 0.728. The first-order valence-corrected chi connectivity index (χ1v) is 6.69. The number of rotatable bonds is 7. The zero-order valence-electron chi connectivity index (χ0n) is 11.6. The number of hydrogen-bond acceptors (Lipinski definition) is 4. The van der Waals surface area contributed by atoms with Crippen molar-refractivity contribution in [2.45, 2.75) is 26.4 Å². The Balaban J connectivity index is 1.97. The van der Waals surface area contributed by atoms with Crippen LogP contribution in [0.3, 0.4) is 0 Å². The zero-order chi connectivity index (χ0) is 13.5. The molecule has 0 unspecified atom stereocenters. The van der Waals surface area contributed by atoms with Gasteiger partial charge in [-0.1, -0.05) is 13.0 Å². The maximum Gasteiger partial charge on any atom is 0.129 e. The molecular formula is C15H21N3O. The molecule has 0 aromatic carbocycles.